The van der Waals surface area contributed by atoms with Crippen molar-refractivity contribution in [2.45, 2.75) is 26.2 Å². The number of carbonyl (C=O) groups is 1. The maximum absolute atomic E-state index is 12.6. The molecule has 1 fully saturated rings. The molecule has 0 aliphatic carbocycles. The molecular formula is C21H24ClN5OS. The predicted octanol–water partition coefficient (Wildman–Crippen LogP) is 4.12. The van der Waals surface area contributed by atoms with Gasteiger partial charge in [0.05, 0.1) is 15.6 Å². The number of hydrogen-bond acceptors (Lipinski definition) is 6. The summed E-state index contributed by atoms with van der Waals surface area (Å²) < 4.78 is 0. The Morgan fingerprint density at radius 1 is 1.28 bits per heavy atom. The van der Waals surface area contributed by atoms with E-state index in [2.05, 4.69) is 20.2 Å². The molecule has 0 bridgehead atoms. The number of aromatic nitrogens is 2. The van der Waals surface area contributed by atoms with E-state index in [0.717, 1.165) is 29.5 Å². The van der Waals surface area contributed by atoms with Crippen molar-refractivity contribution in [3.63, 3.8) is 0 Å². The first-order valence-electron chi connectivity index (χ1n) is 9.85. The fourth-order valence-corrected chi connectivity index (χ4v) is 4.94. The number of nitrogens with one attached hydrogen (secondary N) is 1. The minimum Gasteiger partial charge on any atom is -0.368 e. The fourth-order valence-electron chi connectivity index (χ4n) is 3.67. The highest BCUT2D eigenvalue weighted by Gasteiger charge is 2.18. The second-order valence-corrected chi connectivity index (χ2v) is 8.84. The van der Waals surface area contributed by atoms with Crippen molar-refractivity contribution < 1.29 is 4.79 Å². The van der Waals surface area contributed by atoms with Crippen LogP contribution in [0.3, 0.4) is 0 Å². The van der Waals surface area contributed by atoms with Crippen LogP contribution in [-0.4, -0.2) is 47.0 Å². The average molecular weight is 430 g/mol. The van der Waals surface area contributed by atoms with Crippen LogP contribution in [0.5, 0.6) is 0 Å². The van der Waals surface area contributed by atoms with Gasteiger partial charge in [-0.25, -0.2) is 9.97 Å². The summed E-state index contributed by atoms with van der Waals surface area (Å²) in [4.78, 5) is 25.1. The molecule has 3 heterocycles. The zero-order chi connectivity index (χ0) is 20.4. The van der Waals surface area contributed by atoms with E-state index in [-0.39, 0.29) is 11.9 Å². The van der Waals surface area contributed by atoms with Gasteiger partial charge in [-0.05, 0) is 63.5 Å². The molecule has 0 atom stereocenters. The van der Waals surface area contributed by atoms with Gasteiger partial charge in [0.25, 0.3) is 5.91 Å². The zero-order valence-electron chi connectivity index (χ0n) is 16.4. The predicted molar refractivity (Wildman–Crippen MR) is 120 cm³/mol. The Kier molecular flexibility index (Phi) is 5.99. The maximum Gasteiger partial charge on any atom is 0.261 e. The second-order valence-electron chi connectivity index (χ2n) is 7.40. The molecule has 0 saturated carbocycles. The number of likely N-dealkylation sites (tertiary alicyclic amines) is 1. The molecule has 3 aromatic rings. The van der Waals surface area contributed by atoms with Gasteiger partial charge in [-0.3, -0.25) is 4.79 Å². The van der Waals surface area contributed by atoms with E-state index in [9.17, 15) is 4.79 Å². The van der Waals surface area contributed by atoms with E-state index in [1.165, 1.54) is 37.3 Å². The van der Waals surface area contributed by atoms with E-state index in [1.54, 1.807) is 0 Å². The molecule has 6 nitrogen and oxygen atoms in total. The van der Waals surface area contributed by atoms with E-state index in [4.69, 9.17) is 17.3 Å². The monoisotopic (exact) mass is 429 g/mol. The fraction of sp³-hybridized carbons (Fsp3) is 0.381. The summed E-state index contributed by atoms with van der Waals surface area (Å²) in [6.07, 6.45) is 3.52. The summed E-state index contributed by atoms with van der Waals surface area (Å²) in [5, 5.41) is 4.41. The van der Waals surface area contributed by atoms with Crippen molar-refractivity contribution in [3.05, 3.63) is 39.7 Å². The number of nitrogen functional groups attached to an aromatic ring is 1. The van der Waals surface area contributed by atoms with E-state index < -0.39 is 0 Å². The number of amides is 1. The summed E-state index contributed by atoms with van der Waals surface area (Å²) in [6, 6.07) is 7.63. The Morgan fingerprint density at radius 3 is 2.83 bits per heavy atom. The van der Waals surface area contributed by atoms with Crippen LogP contribution in [0.4, 0.5) is 5.95 Å². The van der Waals surface area contributed by atoms with Crippen molar-refractivity contribution in [2.75, 3.05) is 31.9 Å². The molecular weight excluding hydrogens is 406 g/mol. The van der Waals surface area contributed by atoms with Crippen molar-refractivity contribution >= 4 is 45.0 Å². The van der Waals surface area contributed by atoms with Gasteiger partial charge in [-0.2, -0.15) is 0 Å². The van der Waals surface area contributed by atoms with Crippen molar-refractivity contribution in [1.29, 1.82) is 0 Å². The number of thiophene rings is 1. The summed E-state index contributed by atoms with van der Waals surface area (Å²) in [5.74, 6) is 0.0810. The van der Waals surface area contributed by atoms with Gasteiger partial charge in [0.2, 0.25) is 5.95 Å². The number of hydrogen-bond donors (Lipinski definition) is 2. The molecule has 4 rings (SSSR count). The van der Waals surface area contributed by atoms with E-state index in [1.807, 2.05) is 31.2 Å². The first kappa shape index (κ1) is 20.1. The van der Waals surface area contributed by atoms with Crippen LogP contribution in [0.25, 0.3) is 21.5 Å². The lowest BCUT2D eigenvalue weighted by Gasteiger charge is -2.14. The number of benzene rings is 1. The maximum atomic E-state index is 12.6. The average Bonchev–Trinajstić information content (AvgIpc) is 3.34. The lowest BCUT2D eigenvalue weighted by Crippen LogP contribution is -2.28. The van der Waals surface area contributed by atoms with Crippen LogP contribution in [0.15, 0.2) is 24.3 Å². The Balaban J connectivity index is 1.53. The van der Waals surface area contributed by atoms with Crippen LogP contribution in [-0.2, 0) is 0 Å². The molecule has 2 aromatic heterocycles. The lowest BCUT2D eigenvalue weighted by atomic mass is 10.1. The quantitative estimate of drug-likeness (QED) is 0.576. The Bertz CT molecular complexity index is 1040. The molecule has 1 aromatic carbocycles. The Hall–Kier alpha value is -2.22. The highest BCUT2D eigenvalue weighted by atomic mass is 35.5. The molecule has 0 spiro atoms. The number of nitrogens with two attached hydrogens (primary N) is 1. The molecule has 0 unspecified atom stereocenters. The van der Waals surface area contributed by atoms with Gasteiger partial charge in [0.15, 0.2) is 0 Å². The molecule has 152 valence electrons. The number of nitrogens with zero attached hydrogens (tertiary/aromatic N) is 3. The number of carbonyl (C=O) groups excluding carboxylic acids is 1. The summed E-state index contributed by atoms with van der Waals surface area (Å²) in [5.41, 5.74) is 8.43. The van der Waals surface area contributed by atoms with Gasteiger partial charge in [-0.15, -0.1) is 11.3 Å². The van der Waals surface area contributed by atoms with E-state index >= 15 is 0 Å². The SMILES string of the molecule is Cc1ccc(-c2nc(N)nc3sc(C(=O)NCCCN4CCCC4)cc23)c(Cl)c1. The van der Waals surface area contributed by atoms with Gasteiger partial charge in [0.1, 0.15) is 4.83 Å². The molecule has 29 heavy (non-hydrogen) atoms. The highest BCUT2D eigenvalue weighted by molar-refractivity contribution is 7.20. The zero-order valence-corrected chi connectivity index (χ0v) is 17.9. The van der Waals surface area contributed by atoms with Crippen molar-refractivity contribution in [1.82, 2.24) is 20.2 Å². The molecule has 1 saturated heterocycles. The van der Waals surface area contributed by atoms with Crippen LogP contribution in [0, 0.1) is 6.92 Å². The molecule has 1 aliphatic rings. The van der Waals surface area contributed by atoms with Crippen molar-refractivity contribution in [3.8, 4) is 11.3 Å². The Labute approximate surface area is 179 Å². The molecule has 0 radical (unpaired) electrons. The molecule has 8 heteroatoms. The normalized spacial score (nSPS) is 14.6. The third-order valence-electron chi connectivity index (χ3n) is 5.15. The van der Waals surface area contributed by atoms with Crippen LogP contribution in [0.2, 0.25) is 5.02 Å². The third kappa shape index (κ3) is 4.52. The van der Waals surface area contributed by atoms with Crippen LogP contribution in [0.1, 0.15) is 34.5 Å². The summed E-state index contributed by atoms with van der Waals surface area (Å²) >= 11 is 7.77. The summed E-state index contributed by atoms with van der Waals surface area (Å²) in [6.45, 7) is 6.03. The van der Waals surface area contributed by atoms with Crippen LogP contribution < -0.4 is 11.1 Å². The number of halogens is 1. The number of rotatable bonds is 6. The smallest absolute Gasteiger partial charge is 0.261 e. The highest BCUT2D eigenvalue weighted by Crippen LogP contribution is 2.36. The van der Waals surface area contributed by atoms with Crippen LogP contribution >= 0.6 is 22.9 Å². The Morgan fingerprint density at radius 2 is 2.07 bits per heavy atom. The topological polar surface area (TPSA) is 84.1 Å². The lowest BCUT2D eigenvalue weighted by molar-refractivity contribution is 0.0956. The standard InChI is InChI=1S/C21H24ClN5OS/c1-13-5-6-14(16(22)11-13)18-15-12-17(29-20(15)26-21(23)25-18)19(28)24-7-4-10-27-8-2-3-9-27/h5-6,11-12H,2-4,7-10H2,1H3,(H,24,28)(H2,23,25,26). The number of aryl methyl sites for hydroxylation is 1. The first-order chi connectivity index (χ1) is 14.0. The largest absolute Gasteiger partial charge is 0.368 e. The third-order valence-corrected chi connectivity index (χ3v) is 6.49. The first-order valence-corrected chi connectivity index (χ1v) is 11.0. The van der Waals surface area contributed by atoms with Gasteiger partial charge >= 0.3 is 0 Å². The van der Waals surface area contributed by atoms with Gasteiger partial charge in [0, 0.05) is 17.5 Å². The summed E-state index contributed by atoms with van der Waals surface area (Å²) in [7, 11) is 0. The van der Waals surface area contributed by atoms with Gasteiger partial charge < -0.3 is 16.0 Å². The minimum absolute atomic E-state index is 0.0889. The number of anilines is 1. The minimum atomic E-state index is -0.0889. The van der Waals surface area contributed by atoms with Crippen molar-refractivity contribution in [2.24, 2.45) is 0 Å². The molecule has 1 aliphatic heterocycles. The molecule has 3 N–H and O–H groups in total. The van der Waals surface area contributed by atoms with Gasteiger partial charge in [-0.1, -0.05) is 23.7 Å². The molecule has 1 amide bonds. The number of fused-ring (bicyclic) bond motifs is 1. The second kappa shape index (κ2) is 8.65. The van der Waals surface area contributed by atoms with E-state index in [0.29, 0.717) is 27.0 Å².